The molecule has 30 heavy (non-hydrogen) atoms. The summed E-state index contributed by atoms with van der Waals surface area (Å²) in [5.41, 5.74) is 2.63. The van der Waals surface area contributed by atoms with Crippen LogP contribution in [0.25, 0.3) is 5.76 Å². The Morgan fingerprint density at radius 2 is 1.83 bits per heavy atom. The maximum absolute atomic E-state index is 13.0. The molecule has 1 unspecified atom stereocenters. The third kappa shape index (κ3) is 3.33. The number of hydrogen-bond acceptors (Lipinski definition) is 5. The van der Waals surface area contributed by atoms with E-state index >= 15 is 0 Å². The van der Waals surface area contributed by atoms with Gasteiger partial charge in [-0.3, -0.25) is 19.5 Å². The summed E-state index contributed by atoms with van der Waals surface area (Å²) in [5, 5.41) is 11.1. The number of methoxy groups -OCH3 is 1. The molecule has 150 valence electrons. The molecule has 1 aliphatic heterocycles. The van der Waals surface area contributed by atoms with Crippen LogP contribution in [0.2, 0.25) is 0 Å². The van der Waals surface area contributed by atoms with Gasteiger partial charge in [-0.1, -0.05) is 42.0 Å². The second kappa shape index (κ2) is 7.83. The van der Waals surface area contributed by atoms with E-state index in [9.17, 15) is 14.7 Å². The second-order valence-electron chi connectivity index (χ2n) is 7.02. The number of pyridine rings is 1. The minimum Gasteiger partial charge on any atom is -0.507 e. The average molecular weight is 400 g/mol. The van der Waals surface area contributed by atoms with Crippen LogP contribution in [-0.4, -0.2) is 28.9 Å². The summed E-state index contributed by atoms with van der Waals surface area (Å²) in [7, 11) is 1.55. The van der Waals surface area contributed by atoms with Gasteiger partial charge in [0.2, 0.25) is 0 Å². The van der Waals surface area contributed by atoms with Crippen molar-refractivity contribution in [1.82, 2.24) is 4.98 Å². The largest absolute Gasteiger partial charge is 0.507 e. The molecule has 2 heterocycles. The lowest BCUT2D eigenvalue weighted by molar-refractivity contribution is -0.132. The highest BCUT2D eigenvalue weighted by molar-refractivity contribution is 6.51. The van der Waals surface area contributed by atoms with E-state index in [1.54, 1.807) is 61.8 Å². The van der Waals surface area contributed by atoms with Crippen molar-refractivity contribution in [2.75, 3.05) is 12.0 Å². The van der Waals surface area contributed by atoms with Gasteiger partial charge in [-0.2, -0.15) is 0 Å². The van der Waals surface area contributed by atoms with Crippen LogP contribution >= 0.6 is 0 Å². The summed E-state index contributed by atoms with van der Waals surface area (Å²) in [6.45, 7) is 1.93. The molecule has 4 rings (SSSR count). The second-order valence-corrected chi connectivity index (χ2v) is 7.02. The topological polar surface area (TPSA) is 79.7 Å². The number of carbonyl (C=O) groups excluding carboxylic acids is 2. The van der Waals surface area contributed by atoms with Crippen LogP contribution in [-0.2, 0) is 9.59 Å². The number of anilines is 1. The highest BCUT2D eigenvalue weighted by Crippen LogP contribution is 2.42. The van der Waals surface area contributed by atoms with E-state index in [4.69, 9.17) is 4.74 Å². The molecule has 0 saturated carbocycles. The number of aryl methyl sites for hydroxylation is 1. The lowest BCUT2D eigenvalue weighted by atomic mass is 9.95. The summed E-state index contributed by atoms with van der Waals surface area (Å²) in [6, 6.07) is 16.8. The Bertz CT molecular complexity index is 1140. The molecule has 1 amide bonds. The van der Waals surface area contributed by atoms with Gasteiger partial charge in [0.1, 0.15) is 11.5 Å². The molecule has 1 atom stereocenters. The van der Waals surface area contributed by atoms with Gasteiger partial charge in [0, 0.05) is 11.8 Å². The third-order valence-corrected chi connectivity index (χ3v) is 5.10. The zero-order chi connectivity index (χ0) is 21.3. The van der Waals surface area contributed by atoms with Gasteiger partial charge in [0.25, 0.3) is 11.7 Å². The zero-order valence-electron chi connectivity index (χ0n) is 16.6. The van der Waals surface area contributed by atoms with Gasteiger partial charge < -0.3 is 9.84 Å². The minimum atomic E-state index is -0.814. The van der Waals surface area contributed by atoms with Crippen LogP contribution < -0.4 is 9.64 Å². The normalized spacial score (nSPS) is 17.9. The van der Waals surface area contributed by atoms with Crippen molar-refractivity contribution in [3.05, 3.63) is 95.3 Å². The molecule has 1 N–H and O–H groups in total. The molecule has 0 aliphatic carbocycles. The van der Waals surface area contributed by atoms with Crippen molar-refractivity contribution in [3.63, 3.8) is 0 Å². The summed E-state index contributed by atoms with van der Waals surface area (Å²) < 4.78 is 5.32. The van der Waals surface area contributed by atoms with E-state index in [1.807, 2.05) is 19.1 Å². The van der Waals surface area contributed by atoms with Crippen molar-refractivity contribution in [3.8, 4) is 5.75 Å². The summed E-state index contributed by atoms with van der Waals surface area (Å²) in [4.78, 5) is 31.5. The van der Waals surface area contributed by atoms with Gasteiger partial charge in [-0.05, 0) is 36.8 Å². The number of ether oxygens (including phenoxy) is 1. The smallest absolute Gasteiger partial charge is 0.300 e. The molecular weight excluding hydrogens is 380 g/mol. The molecule has 2 aromatic carbocycles. The van der Waals surface area contributed by atoms with Crippen molar-refractivity contribution in [2.45, 2.75) is 13.0 Å². The van der Waals surface area contributed by atoms with Crippen LogP contribution in [0.4, 0.5) is 5.69 Å². The fraction of sp³-hybridized carbons (Fsp3) is 0.125. The fourth-order valence-electron chi connectivity index (χ4n) is 3.59. The molecule has 1 fully saturated rings. The van der Waals surface area contributed by atoms with Crippen molar-refractivity contribution in [2.24, 2.45) is 0 Å². The van der Waals surface area contributed by atoms with Gasteiger partial charge >= 0.3 is 0 Å². The van der Waals surface area contributed by atoms with Crippen molar-refractivity contribution in [1.29, 1.82) is 0 Å². The molecule has 1 saturated heterocycles. The highest BCUT2D eigenvalue weighted by Gasteiger charge is 2.47. The molecular formula is C24H20N2O4. The molecule has 0 bridgehead atoms. The molecule has 6 nitrogen and oxygen atoms in total. The Hall–Kier alpha value is -3.93. The van der Waals surface area contributed by atoms with E-state index in [1.165, 1.54) is 11.1 Å². The lowest BCUT2D eigenvalue weighted by Crippen LogP contribution is -2.29. The number of hydrogen-bond donors (Lipinski definition) is 1. The summed E-state index contributed by atoms with van der Waals surface area (Å²) >= 11 is 0. The summed E-state index contributed by atoms with van der Waals surface area (Å²) in [5.74, 6) is -1.10. The van der Waals surface area contributed by atoms with Gasteiger partial charge in [0.15, 0.2) is 0 Å². The van der Waals surface area contributed by atoms with Crippen LogP contribution in [0, 0.1) is 6.92 Å². The van der Waals surface area contributed by atoms with Gasteiger partial charge in [-0.25, -0.2) is 0 Å². The number of benzene rings is 2. The van der Waals surface area contributed by atoms with Crippen LogP contribution in [0.3, 0.4) is 0 Å². The number of Topliss-reactive ketones (excluding diaryl/α,β-unsaturated/α-hetero) is 1. The number of aliphatic hydroxyl groups excluding tert-OH is 1. The summed E-state index contributed by atoms with van der Waals surface area (Å²) in [6.07, 6.45) is 3.11. The standard InChI is InChI=1S/C24H20N2O4/c1-15-8-10-16(11-9-15)22(27)20-21(17-5-3-7-19(13-17)30-2)26(24(29)23(20)28)18-6-4-12-25-14-18/h3-14,21,27H,1-2H3/b22-20-. The van der Waals surface area contributed by atoms with Gasteiger partial charge in [-0.15, -0.1) is 0 Å². The Kier molecular flexibility index (Phi) is 5.06. The quantitative estimate of drug-likeness (QED) is 0.406. The molecule has 0 radical (unpaired) electrons. The first kappa shape index (κ1) is 19.4. The maximum Gasteiger partial charge on any atom is 0.300 e. The Morgan fingerprint density at radius 1 is 1.07 bits per heavy atom. The Balaban J connectivity index is 1.95. The first-order valence-corrected chi connectivity index (χ1v) is 9.43. The first-order valence-electron chi connectivity index (χ1n) is 9.43. The number of carbonyl (C=O) groups is 2. The third-order valence-electron chi connectivity index (χ3n) is 5.10. The number of aliphatic hydroxyl groups is 1. The predicted octanol–water partition coefficient (Wildman–Crippen LogP) is 4.02. The van der Waals surface area contributed by atoms with E-state index in [0.29, 0.717) is 22.6 Å². The molecule has 6 heteroatoms. The SMILES string of the molecule is COc1cccc(C2/C(=C(/O)c3ccc(C)cc3)C(=O)C(=O)N2c2cccnc2)c1. The zero-order valence-corrected chi connectivity index (χ0v) is 16.6. The van der Waals surface area contributed by atoms with E-state index in [0.717, 1.165) is 5.56 Å². The number of amides is 1. The fourth-order valence-corrected chi connectivity index (χ4v) is 3.59. The number of aromatic nitrogens is 1. The lowest BCUT2D eigenvalue weighted by Gasteiger charge is -2.25. The van der Waals surface area contributed by atoms with E-state index < -0.39 is 17.7 Å². The maximum atomic E-state index is 13.0. The average Bonchev–Trinajstić information content (AvgIpc) is 3.05. The molecule has 1 aromatic heterocycles. The Morgan fingerprint density at radius 3 is 2.50 bits per heavy atom. The van der Waals surface area contributed by atoms with E-state index in [-0.39, 0.29) is 11.3 Å². The molecule has 1 aliphatic rings. The molecule has 0 spiro atoms. The first-order chi connectivity index (χ1) is 14.5. The van der Waals surface area contributed by atoms with Crippen LogP contribution in [0.5, 0.6) is 5.75 Å². The number of ketones is 1. The minimum absolute atomic E-state index is 0.0287. The monoisotopic (exact) mass is 400 g/mol. The Labute approximate surface area is 174 Å². The van der Waals surface area contributed by atoms with Crippen molar-refractivity contribution < 1.29 is 19.4 Å². The van der Waals surface area contributed by atoms with Crippen LogP contribution in [0.1, 0.15) is 22.7 Å². The number of nitrogens with zero attached hydrogens (tertiary/aromatic N) is 2. The highest BCUT2D eigenvalue weighted by atomic mass is 16.5. The van der Waals surface area contributed by atoms with Crippen molar-refractivity contribution >= 4 is 23.1 Å². The van der Waals surface area contributed by atoms with Crippen LogP contribution in [0.15, 0.2) is 78.6 Å². The van der Waals surface area contributed by atoms with Gasteiger partial charge in [0.05, 0.1) is 30.6 Å². The number of rotatable bonds is 4. The predicted molar refractivity (Wildman–Crippen MR) is 113 cm³/mol. The molecule has 3 aromatic rings. The van der Waals surface area contributed by atoms with E-state index in [2.05, 4.69) is 4.98 Å².